The number of anilines is 3. The third kappa shape index (κ3) is 5.76. The second kappa shape index (κ2) is 14.2. The van der Waals surface area contributed by atoms with Gasteiger partial charge in [0.15, 0.2) is 0 Å². The second-order valence-corrected chi connectivity index (χ2v) is 16.2. The fraction of sp³-hybridized carbons (Fsp3) is 0.234. The van der Waals surface area contributed by atoms with Crippen molar-refractivity contribution in [2.45, 2.75) is 31.1 Å². The molecule has 6 unspecified atom stereocenters. The third-order valence-corrected chi connectivity index (χ3v) is 12.7. The van der Waals surface area contributed by atoms with Gasteiger partial charge in [-0.1, -0.05) is 71.8 Å². The standard InChI is InChI=1S/C47H40ClN5O5/c1-27-24-28(12-23-40(27)54)42-36-21-22-37-41(45(57)52(43(37)55)34-19-15-32(16-20-34)50-49-31-13-17-33(18-14-31)51(2)3)38(36)26-39-44(56)53(35-11-7-10-30(48)25-35)46(58)47(39,42)29-8-5-4-6-9-29/h4-21,23-25,37-39,41-42,54H,22,26H2,1-3H3. The van der Waals surface area contributed by atoms with Gasteiger partial charge in [-0.2, -0.15) is 10.2 Å². The van der Waals surface area contributed by atoms with Gasteiger partial charge >= 0.3 is 0 Å². The van der Waals surface area contributed by atoms with E-state index >= 15 is 4.79 Å². The summed E-state index contributed by atoms with van der Waals surface area (Å²) in [4.78, 5) is 63.9. The fourth-order valence-corrected chi connectivity index (χ4v) is 10.0. The van der Waals surface area contributed by atoms with Gasteiger partial charge in [0, 0.05) is 30.7 Å². The maximum atomic E-state index is 15.4. The van der Waals surface area contributed by atoms with Crippen molar-refractivity contribution in [3.63, 3.8) is 0 Å². The Balaban J connectivity index is 1.11. The second-order valence-electron chi connectivity index (χ2n) is 15.8. The van der Waals surface area contributed by atoms with Crippen molar-refractivity contribution in [3.8, 4) is 5.75 Å². The molecule has 3 fully saturated rings. The molecule has 290 valence electrons. The predicted octanol–water partition coefficient (Wildman–Crippen LogP) is 9.20. The van der Waals surface area contributed by atoms with Crippen molar-refractivity contribution < 1.29 is 24.3 Å². The molecule has 4 aliphatic rings. The lowest BCUT2D eigenvalue weighted by atomic mass is 9.49. The van der Waals surface area contributed by atoms with Crippen LogP contribution in [0.2, 0.25) is 5.02 Å². The molecule has 58 heavy (non-hydrogen) atoms. The SMILES string of the molecule is Cc1cc(C2C3=CCC4C(=O)N(c5ccc(N=Nc6ccc(N(C)C)cc6)cc5)C(=O)C4C3CC3C(=O)N(c4cccc(Cl)c4)C(=O)C32c2ccccc2)ccc1O. The van der Waals surface area contributed by atoms with E-state index in [0.29, 0.717) is 45.3 Å². The zero-order chi connectivity index (χ0) is 40.5. The highest BCUT2D eigenvalue weighted by molar-refractivity contribution is 6.32. The van der Waals surface area contributed by atoms with E-state index in [2.05, 4.69) is 10.2 Å². The van der Waals surface area contributed by atoms with Gasteiger partial charge in [-0.05, 0) is 115 Å². The molecule has 2 aliphatic carbocycles. The monoisotopic (exact) mass is 789 g/mol. The van der Waals surface area contributed by atoms with E-state index in [-0.39, 0.29) is 35.8 Å². The Morgan fingerprint density at radius 3 is 2.07 bits per heavy atom. The number of allylic oxidation sites excluding steroid dienone is 2. The van der Waals surface area contributed by atoms with Gasteiger partial charge < -0.3 is 10.0 Å². The number of carbonyl (C=O) groups is 4. The van der Waals surface area contributed by atoms with E-state index < -0.39 is 35.0 Å². The molecule has 9 rings (SSSR count). The maximum Gasteiger partial charge on any atom is 0.246 e. The van der Waals surface area contributed by atoms with Gasteiger partial charge in [-0.3, -0.25) is 24.1 Å². The molecule has 2 saturated heterocycles. The number of phenols is 1. The first-order chi connectivity index (χ1) is 28.0. The number of phenolic OH excluding ortho intramolecular Hbond substituents is 1. The first-order valence-electron chi connectivity index (χ1n) is 19.3. The van der Waals surface area contributed by atoms with Crippen LogP contribution in [-0.2, 0) is 24.6 Å². The average Bonchev–Trinajstić information content (AvgIpc) is 3.62. The number of rotatable bonds is 7. The zero-order valence-electron chi connectivity index (χ0n) is 32.1. The van der Waals surface area contributed by atoms with Crippen molar-refractivity contribution in [2.75, 3.05) is 28.8 Å². The molecular weight excluding hydrogens is 750 g/mol. The molecule has 1 saturated carbocycles. The molecule has 10 nitrogen and oxygen atoms in total. The number of aromatic hydroxyl groups is 1. The van der Waals surface area contributed by atoms with Gasteiger partial charge in [0.25, 0.3) is 0 Å². The molecular formula is C47H40ClN5O5. The summed E-state index contributed by atoms with van der Waals surface area (Å²) < 4.78 is 0. The van der Waals surface area contributed by atoms with E-state index in [1.54, 1.807) is 67.6 Å². The number of aryl methyl sites for hydroxylation is 1. The van der Waals surface area contributed by atoms with E-state index in [4.69, 9.17) is 11.6 Å². The van der Waals surface area contributed by atoms with Gasteiger partial charge in [0.05, 0.1) is 45.9 Å². The van der Waals surface area contributed by atoms with Gasteiger partial charge in [-0.25, -0.2) is 4.90 Å². The minimum Gasteiger partial charge on any atom is -0.508 e. The number of hydrogen-bond acceptors (Lipinski definition) is 8. The molecule has 1 N–H and O–H groups in total. The van der Waals surface area contributed by atoms with Crippen LogP contribution in [0.3, 0.4) is 0 Å². The Labute approximate surface area is 341 Å². The van der Waals surface area contributed by atoms with Crippen LogP contribution >= 0.6 is 11.6 Å². The van der Waals surface area contributed by atoms with Crippen molar-refractivity contribution in [3.05, 3.63) is 155 Å². The smallest absolute Gasteiger partial charge is 0.246 e. The number of benzene rings is 5. The van der Waals surface area contributed by atoms with Crippen LogP contribution < -0.4 is 14.7 Å². The number of fused-ring (bicyclic) bond motifs is 4. The first kappa shape index (κ1) is 37.2. The maximum absolute atomic E-state index is 15.4. The lowest BCUT2D eigenvalue weighted by molar-refractivity contribution is -0.127. The molecule has 0 bridgehead atoms. The number of azo groups is 1. The quantitative estimate of drug-likeness (QED) is 0.0997. The summed E-state index contributed by atoms with van der Waals surface area (Å²) in [6, 6.07) is 35.9. The minimum absolute atomic E-state index is 0.104. The largest absolute Gasteiger partial charge is 0.508 e. The van der Waals surface area contributed by atoms with E-state index in [9.17, 15) is 19.5 Å². The normalized spacial score (nSPS) is 25.2. The van der Waals surface area contributed by atoms with E-state index in [1.165, 1.54) is 9.80 Å². The molecule has 0 radical (unpaired) electrons. The predicted molar refractivity (Wildman–Crippen MR) is 223 cm³/mol. The lowest BCUT2D eigenvalue weighted by Crippen LogP contribution is -2.53. The van der Waals surface area contributed by atoms with Crippen molar-refractivity contribution >= 4 is 63.7 Å². The molecule has 4 amide bonds. The Morgan fingerprint density at radius 2 is 1.41 bits per heavy atom. The van der Waals surface area contributed by atoms with E-state index in [0.717, 1.165) is 16.8 Å². The number of halogens is 1. The van der Waals surface area contributed by atoms with Crippen LogP contribution in [0.1, 0.15) is 35.4 Å². The lowest BCUT2D eigenvalue weighted by Gasteiger charge is -2.50. The Hall–Kier alpha value is -6.39. The molecule has 2 heterocycles. The number of amides is 4. The summed E-state index contributed by atoms with van der Waals surface area (Å²) in [5.74, 6) is -4.80. The number of nitrogens with zero attached hydrogens (tertiary/aromatic N) is 5. The molecule has 0 aromatic heterocycles. The molecule has 5 aromatic rings. The first-order valence-corrected chi connectivity index (χ1v) is 19.7. The third-order valence-electron chi connectivity index (χ3n) is 12.5. The summed E-state index contributed by atoms with van der Waals surface area (Å²) in [7, 11) is 3.93. The molecule has 0 spiro atoms. The van der Waals surface area contributed by atoms with Crippen molar-refractivity contribution in [1.29, 1.82) is 0 Å². The summed E-state index contributed by atoms with van der Waals surface area (Å²) in [6.07, 6.45) is 2.50. The topological polar surface area (TPSA) is 123 Å². The minimum atomic E-state index is -1.40. The van der Waals surface area contributed by atoms with Crippen molar-refractivity contribution in [2.24, 2.45) is 33.9 Å². The van der Waals surface area contributed by atoms with Gasteiger partial charge in [0.1, 0.15) is 5.75 Å². The molecule has 5 aromatic carbocycles. The molecule has 11 heteroatoms. The zero-order valence-corrected chi connectivity index (χ0v) is 32.9. The van der Waals surface area contributed by atoms with Gasteiger partial charge in [-0.15, -0.1) is 0 Å². The van der Waals surface area contributed by atoms with Crippen LogP contribution in [0, 0.1) is 30.6 Å². The highest BCUT2D eigenvalue weighted by Gasteiger charge is 2.70. The summed E-state index contributed by atoms with van der Waals surface area (Å²) >= 11 is 6.43. The highest BCUT2D eigenvalue weighted by Crippen LogP contribution is 2.64. The summed E-state index contributed by atoms with van der Waals surface area (Å²) in [5, 5.41) is 19.7. The highest BCUT2D eigenvalue weighted by atomic mass is 35.5. The van der Waals surface area contributed by atoms with E-state index in [1.807, 2.05) is 85.7 Å². The molecule has 6 atom stereocenters. The Morgan fingerprint density at radius 1 is 0.724 bits per heavy atom. The van der Waals surface area contributed by atoms with Gasteiger partial charge in [0.2, 0.25) is 23.6 Å². The number of hydrogen-bond donors (Lipinski definition) is 1. The number of carbonyl (C=O) groups excluding carboxylic acids is 4. The summed E-state index contributed by atoms with van der Waals surface area (Å²) in [6.45, 7) is 1.79. The van der Waals surface area contributed by atoms with Crippen LogP contribution in [0.15, 0.2) is 143 Å². The fourth-order valence-electron chi connectivity index (χ4n) is 9.83. The van der Waals surface area contributed by atoms with Crippen LogP contribution in [0.4, 0.5) is 28.4 Å². The van der Waals surface area contributed by atoms with Crippen LogP contribution in [0.5, 0.6) is 5.75 Å². The number of imide groups is 2. The van der Waals surface area contributed by atoms with Crippen LogP contribution in [-0.4, -0.2) is 42.8 Å². The summed E-state index contributed by atoms with van der Waals surface area (Å²) in [5.41, 5.74) is 4.57. The van der Waals surface area contributed by atoms with Crippen LogP contribution in [0.25, 0.3) is 0 Å². The molecule has 2 aliphatic heterocycles. The average molecular weight is 790 g/mol. The Bertz CT molecular complexity index is 2560. The van der Waals surface area contributed by atoms with Crippen molar-refractivity contribution in [1.82, 2.24) is 0 Å². The Kier molecular flexibility index (Phi) is 9.12.